The largest absolute Gasteiger partial charge is 0.497 e. The number of methoxy groups -OCH3 is 2. The van der Waals surface area contributed by atoms with Crippen molar-refractivity contribution < 1.29 is 19.1 Å². The summed E-state index contributed by atoms with van der Waals surface area (Å²) < 4.78 is 9.98. The van der Waals surface area contributed by atoms with E-state index >= 15 is 0 Å². The molecule has 1 N–H and O–H groups in total. The van der Waals surface area contributed by atoms with Gasteiger partial charge in [-0.25, -0.2) is 4.79 Å². The van der Waals surface area contributed by atoms with Crippen LogP contribution in [-0.2, 0) is 9.53 Å². The number of anilines is 1. The van der Waals surface area contributed by atoms with Gasteiger partial charge in [0.05, 0.1) is 25.8 Å². The number of benzene rings is 2. The van der Waals surface area contributed by atoms with Crippen LogP contribution in [0.1, 0.15) is 47.6 Å². The quantitative estimate of drug-likeness (QED) is 0.767. The first kappa shape index (κ1) is 19.0. The molecule has 0 bridgehead atoms. The lowest BCUT2D eigenvalue weighted by atomic mass is 9.80. The summed E-state index contributed by atoms with van der Waals surface area (Å²) in [5.74, 6) is 0.636. The fourth-order valence-electron chi connectivity index (χ4n) is 3.59. The molecule has 2 aromatic rings. The SMILES string of the molecule is COC(=O)c1ccc(C(Nc2ccc(OC)cc2)C2CCCCC2=O)cc1. The van der Waals surface area contributed by atoms with Crippen LogP contribution in [-0.4, -0.2) is 26.0 Å². The number of hydrogen-bond acceptors (Lipinski definition) is 5. The summed E-state index contributed by atoms with van der Waals surface area (Å²) in [5.41, 5.74) is 2.41. The second-order valence-corrected chi connectivity index (χ2v) is 6.78. The van der Waals surface area contributed by atoms with E-state index in [0.29, 0.717) is 17.8 Å². The highest BCUT2D eigenvalue weighted by Crippen LogP contribution is 2.35. The van der Waals surface area contributed by atoms with Crippen molar-refractivity contribution in [1.29, 1.82) is 0 Å². The molecule has 5 heteroatoms. The van der Waals surface area contributed by atoms with E-state index in [0.717, 1.165) is 36.3 Å². The van der Waals surface area contributed by atoms with E-state index in [1.807, 2.05) is 36.4 Å². The zero-order valence-corrected chi connectivity index (χ0v) is 15.7. The van der Waals surface area contributed by atoms with Crippen LogP contribution in [0.15, 0.2) is 48.5 Å². The van der Waals surface area contributed by atoms with Gasteiger partial charge in [-0.05, 0) is 54.8 Å². The van der Waals surface area contributed by atoms with E-state index in [2.05, 4.69) is 5.32 Å². The van der Waals surface area contributed by atoms with Gasteiger partial charge in [-0.3, -0.25) is 4.79 Å². The summed E-state index contributed by atoms with van der Waals surface area (Å²) in [6.45, 7) is 0. The molecular weight excluding hydrogens is 342 g/mol. The summed E-state index contributed by atoms with van der Waals surface area (Å²) in [4.78, 5) is 24.3. The third-order valence-electron chi connectivity index (χ3n) is 5.11. The molecule has 2 aromatic carbocycles. The van der Waals surface area contributed by atoms with Crippen molar-refractivity contribution in [1.82, 2.24) is 0 Å². The Morgan fingerprint density at radius 2 is 1.74 bits per heavy atom. The van der Waals surface area contributed by atoms with Crippen molar-refractivity contribution in [2.75, 3.05) is 19.5 Å². The molecule has 0 heterocycles. The molecule has 5 nitrogen and oxygen atoms in total. The second kappa shape index (κ2) is 8.71. The van der Waals surface area contributed by atoms with Gasteiger partial charge in [0.25, 0.3) is 0 Å². The number of carbonyl (C=O) groups is 2. The van der Waals surface area contributed by atoms with Crippen molar-refractivity contribution in [2.24, 2.45) is 5.92 Å². The Bertz CT molecular complexity index is 783. The van der Waals surface area contributed by atoms with Crippen molar-refractivity contribution in [2.45, 2.75) is 31.7 Å². The predicted molar refractivity (Wildman–Crippen MR) is 104 cm³/mol. The zero-order chi connectivity index (χ0) is 19.2. The number of carbonyl (C=O) groups excluding carboxylic acids is 2. The molecule has 0 saturated heterocycles. The number of ketones is 1. The maximum atomic E-state index is 12.6. The molecule has 0 aliphatic heterocycles. The Kier molecular flexibility index (Phi) is 6.12. The highest BCUT2D eigenvalue weighted by molar-refractivity contribution is 5.89. The van der Waals surface area contributed by atoms with Crippen LogP contribution in [0, 0.1) is 5.92 Å². The molecule has 2 atom stereocenters. The minimum absolute atomic E-state index is 0.0789. The molecule has 0 aromatic heterocycles. The highest BCUT2D eigenvalue weighted by Gasteiger charge is 2.31. The topological polar surface area (TPSA) is 64.6 Å². The van der Waals surface area contributed by atoms with Crippen molar-refractivity contribution in [3.8, 4) is 5.75 Å². The zero-order valence-electron chi connectivity index (χ0n) is 15.7. The van der Waals surface area contributed by atoms with Gasteiger partial charge < -0.3 is 14.8 Å². The molecular formula is C22H25NO4. The van der Waals surface area contributed by atoms with Gasteiger partial charge in [0, 0.05) is 18.0 Å². The molecule has 0 amide bonds. The van der Waals surface area contributed by atoms with Gasteiger partial charge in [-0.2, -0.15) is 0 Å². The van der Waals surface area contributed by atoms with Crippen molar-refractivity contribution in [3.63, 3.8) is 0 Å². The smallest absolute Gasteiger partial charge is 0.337 e. The number of esters is 1. The molecule has 142 valence electrons. The average molecular weight is 367 g/mol. The van der Waals surface area contributed by atoms with E-state index in [-0.39, 0.29) is 17.9 Å². The maximum absolute atomic E-state index is 12.6. The molecule has 1 fully saturated rings. The molecule has 1 saturated carbocycles. The normalized spacial score (nSPS) is 17.9. The van der Waals surface area contributed by atoms with Crippen LogP contribution in [0.4, 0.5) is 5.69 Å². The summed E-state index contributed by atoms with van der Waals surface area (Å²) in [5, 5.41) is 3.52. The fourth-order valence-corrected chi connectivity index (χ4v) is 3.59. The van der Waals surface area contributed by atoms with Crippen LogP contribution < -0.4 is 10.1 Å². The van der Waals surface area contributed by atoms with E-state index in [9.17, 15) is 9.59 Å². The number of ether oxygens (including phenoxy) is 2. The molecule has 2 unspecified atom stereocenters. The molecule has 27 heavy (non-hydrogen) atoms. The number of Topliss-reactive ketones (excluding diaryl/α,β-unsaturated/α-hetero) is 1. The lowest BCUT2D eigenvalue weighted by Gasteiger charge is -2.31. The molecule has 3 rings (SSSR count). The highest BCUT2D eigenvalue weighted by atomic mass is 16.5. The Morgan fingerprint density at radius 1 is 1.04 bits per heavy atom. The Hall–Kier alpha value is -2.82. The lowest BCUT2D eigenvalue weighted by Crippen LogP contribution is -2.30. The Labute approximate surface area is 159 Å². The molecule has 1 aliphatic carbocycles. The van der Waals surface area contributed by atoms with Crippen LogP contribution in [0.3, 0.4) is 0 Å². The van der Waals surface area contributed by atoms with Crippen LogP contribution in [0.2, 0.25) is 0 Å². The third kappa shape index (κ3) is 4.48. The first-order chi connectivity index (χ1) is 13.1. The monoisotopic (exact) mass is 367 g/mol. The van der Waals surface area contributed by atoms with Gasteiger partial charge in [0.2, 0.25) is 0 Å². The Balaban J connectivity index is 1.88. The molecule has 0 radical (unpaired) electrons. The minimum Gasteiger partial charge on any atom is -0.497 e. The van der Waals surface area contributed by atoms with Gasteiger partial charge >= 0.3 is 5.97 Å². The summed E-state index contributed by atoms with van der Waals surface area (Å²) in [6, 6.07) is 14.8. The number of rotatable bonds is 6. The van der Waals surface area contributed by atoms with Gasteiger partial charge in [-0.1, -0.05) is 18.6 Å². The third-order valence-corrected chi connectivity index (χ3v) is 5.11. The van der Waals surface area contributed by atoms with Crippen molar-refractivity contribution in [3.05, 3.63) is 59.7 Å². The first-order valence-electron chi connectivity index (χ1n) is 9.24. The van der Waals surface area contributed by atoms with E-state index in [1.54, 1.807) is 19.2 Å². The summed E-state index contributed by atoms with van der Waals surface area (Å²) in [7, 11) is 3.00. The summed E-state index contributed by atoms with van der Waals surface area (Å²) >= 11 is 0. The fraction of sp³-hybridized carbons (Fsp3) is 0.364. The minimum atomic E-state index is -0.366. The molecule has 1 aliphatic rings. The standard InChI is InChI=1S/C22H25NO4/c1-26-18-13-11-17(12-14-18)23-21(19-5-3-4-6-20(19)24)15-7-9-16(10-8-15)22(25)27-2/h7-14,19,21,23H,3-6H2,1-2H3. The van der Waals surface area contributed by atoms with Crippen LogP contribution in [0.5, 0.6) is 5.75 Å². The van der Waals surface area contributed by atoms with Crippen LogP contribution in [0.25, 0.3) is 0 Å². The molecule has 0 spiro atoms. The Morgan fingerprint density at radius 3 is 2.33 bits per heavy atom. The summed E-state index contributed by atoms with van der Waals surface area (Å²) in [6.07, 6.45) is 3.51. The average Bonchev–Trinajstić information content (AvgIpc) is 2.72. The van der Waals surface area contributed by atoms with Crippen molar-refractivity contribution >= 4 is 17.4 Å². The van der Waals surface area contributed by atoms with Gasteiger partial charge in [0.15, 0.2) is 0 Å². The predicted octanol–water partition coefficient (Wildman–Crippen LogP) is 4.39. The van der Waals surface area contributed by atoms with E-state index in [4.69, 9.17) is 9.47 Å². The maximum Gasteiger partial charge on any atom is 0.337 e. The van der Waals surface area contributed by atoms with Gasteiger partial charge in [0.1, 0.15) is 11.5 Å². The lowest BCUT2D eigenvalue weighted by molar-refractivity contribution is -0.125. The van der Waals surface area contributed by atoms with Gasteiger partial charge in [-0.15, -0.1) is 0 Å². The van der Waals surface area contributed by atoms with E-state index in [1.165, 1.54) is 7.11 Å². The first-order valence-corrected chi connectivity index (χ1v) is 9.24. The van der Waals surface area contributed by atoms with E-state index < -0.39 is 0 Å². The van der Waals surface area contributed by atoms with Crippen LogP contribution >= 0.6 is 0 Å². The number of nitrogens with one attached hydrogen (secondary N) is 1. The second-order valence-electron chi connectivity index (χ2n) is 6.78. The number of hydrogen-bond donors (Lipinski definition) is 1.